The predicted molar refractivity (Wildman–Crippen MR) is 105 cm³/mol. The molecule has 0 fully saturated rings. The van der Waals surface area contributed by atoms with E-state index in [1.165, 1.54) is 23.8 Å². The number of hydrogen-bond acceptors (Lipinski definition) is 2. The number of esters is 1. The van der Waals surface area contributed by atoms with Gasteiger partial charge in [-0.1, -0.05) is 44.9 Å². The monoisotopic (exact) mass is 343 g/mol. The van der Waals surface area contributed by atoms with Crippen molar-refractivity contribution in [2.75, 3.05) is 0 Å². The Hall–Kier alpha value is -1.77. The van der Waals surface area contributed by atoms with E-state index in [-0.39, 0.29) is 11.6 Å². The highest BCUT2D eigenvalue weighted by molar-refractivity contribution is 5.83. The van der Waals surface area contributed by atoms with Crippen molar-refractivity contribution in [1.82, 2.24) is 4.98 Å². The molecule has 0 aliphatic heterocycles. The number of H-pyrrole nitrogens is 1. The lowest BCUT2D eigenvalue weighted by Gasteiger charge is -2.25. The van der Waals surface area contributed by atoms with Gasteiger partial charge in [-0.05, 0) is 57.1 Å². The number of carbonyl (C=O) groups is 1. The maximum Gasteiger partial charge on any atom is 0.306 e. The van der Waals surface area contributed by atoms with Crippen LogP contribution in [-0.4, -0.2) is 16.6 Å². The predicted octanol–water partition coefficient (Wildman–Crippen LogP) is 6.03. The summed E-state index contributed by atoms with van der Waals surface area (Å²) in [6.07, 6.45) is 8.72. The second-order valence-corrected chi connectivity index (χ2v) is 7.85. The van der Waals surface area contributed by atoms with E-state index < -0.39 is 0 Å². The Morgan fingerprint density at radius 3 is 2.76 bits per heavy atom. The van der Waals surface area contributed by atoms with Crippen LogP contribution in [0.25, 0.3) is 10.9 Å². The summed E-state index contributed by atoms with van der Waals surface area (Å²) in [4.78, 5) is 15.5. The number of aromatic amines is 1. The second-order valence-electron chi connectivity index (χ2n) is 7.85. The molecule has 0 aliphatic carbocycles. The third-order valence-electron chi connectivity index (χ3n) is 5.06. The van der Waals surface area contributed by atoms with Gasteiger partial charge in [0.05, 0.1) is 0 Å². The molecule has 1 unspecified atom stereocenters. The van der Waals surface area contributed by atoms with Crippen molar-refractivity contribution in [3.05, 3.63) is 36.0 Å². The number of carbonyl (C=O) groups excluding carboxylic acids is 1. The average Bonchev–Trinajstić information content (AvgIpc) is 2.97. The van der Waals surface area contributed by atoms with E-state index in [1.54, 1.807) is 0 Å². The summed E-state index contributed by atoms with van der Waals surface area (Å²) in [5.41, 5.74) is 2.07. The molecule has 2 rings (SSSR count). The molecule has 25 heavy (non-hydrogen) atoms. The van der Waals surface area contributed by atoms with E-state index in [9.17, 15) is 4.79 Å². The zero-order valence-electron chi connectivity index (χ0n) is 16.2. The summed E-state index contributed by atoms with van der Waals surface area (Å²) in [6, 6.07) is 8.29. The number of aryl methyl sites for hydroxylation is 1. The largest absolute Gasteiger partial charge is 0.460 e. The van der Waals surface area contributed by atoms with E-state index >= 15 is 0 Å². The highest BCUT2D eigenvalue weighted by Gasteiger charge is 2.22. The molecule has 0 saturated heterocycles. The molecule has 1 heterocycles. The van der Waals surface area contributed by atoms with E-state index in [2.05, 4.69) is 43.2 Å². The van der Waals surface area contributed by atoms with Gasteiger partial charge in [-0.3, -0.25) is 4.79 Å². The molecule has 2 aromatic rings. The van der Waals surface area contributed by atoms with Crippen molar-refractivity contribution in [2.24, 2.45) is 5.92 Å². The molecule has 0 radical (unpaired) electrons. The quantitative estimate of drug-likeness (QED) is 0.535. The normalized spacial score (nSPS) is 13.1. The van der Waals surface area contributed by atoms with Gasteiger partial charge in [-0.2, -0.15) is 0 Å². The third-order valence-corrected chi connectivity index (χ3v) is 5.06. The number of para-hydroxylation sites is 1. The highest BCUT2D eigenvalue weighted by Crippen LogP contribution is 2.23. The van der Waals surface area contributed by atoms with Crippen LogP contribution in [0.15, 0.2) is 30.5 Å². The fraction of sp³-hybridized carbons (Fsp3) is 0.591. The van der Waals surface area contributed by atoms with Gasteiger partial charge < -0.3 is 9.72 Å². The molecule has 0 saturated carbocycles. The van der Waals surface area contributed by atoms with Crippen molar-refractivity contribution in [3.63, 3.8) is 0 Å². The van der Waals surface area contributed by atoms with Gasteiger partial charge >= 0.3 is 5.97 Å². The lowest BCUT2D eigenvalue weighted by atomic mass is 9.95. The molecule has 3 nitrogen and oxygen atoms in total. The highest BCUT2D eigenvalue weighted by atomic mass is 16.6. The number of benzene rings is 1. The molecular weight excluding hydrogens is 310 g/mol. The molecule has 1 aromatic carbocycles. The molecule has 1 aromatic heterocycles. The molecule has 0 bridgehead atoms. The van der Waals surface area contributed by atoms with Gasteiger partial charge in [0.1, 0.15) is 5.60 Å². The van der Waals surface area contributed by atoms with Gasteiger partial charge in [-0.25, -0.2) is 0 Å². The van der Waals surface area contributed by atoms with Crippen LogP contribution in [0.5, 0.6) is 0 Å². The molecular formula is C22H33NO2. The summed E-state index contributed by atoms with van der Waals surface area (Å²) in [5.74, 6) is 0.677. The number of ether oxygens (including phenoxy) is 1. The Morgan fingerprint density at radius 1 is 1.24 bits per heavy atom. The zero-order chi connectivity index (χ0) is 18.3. The van der Waals surface area contributed by atoms with Gasteiger partial charge in [0.2, 0.25) is 0 Å². The molecule has 3 heteroatoms. The Bertz CT molecular complexity index is 671. The molecule has 0 amide bonds. The number of aromatic nitrogens is 1. The number of fused-ring (bicyclic) bond motifs is 1. The Morgan fingerprint density at radius 2 is 2.00 bits per heavy atom. The van der Waals surface area contributed by atoms with Gasteiger partial charge in [-0.15, -0.1) is 0 Å². The fourth-order valence-electron chi connectivity index (χ4n) is 3.25. The zero-order valence-corrected chi connectivity index (χ0v) is 16.2. The molecule has 1 N–H and O–H groups in total. The molecule has 0 spiro atoms. The van der Waals surface area contributed by atoms with E-state index in [0.29, 0.717) is 6.42 Å². The summed E-state index contributed by atoms with van der Waals surface area (Å²) >= 11 is 0. The average molecular weight is 344 g/mol. The van der Waals surface area contributed by atoms with Crippen LogP contribution >= 0.6 is 0 Å². The van der Waals surface area contributed by atoms with E-state index in [0.717, 1.165) is 37.1 Å². The molecule has 138 valence electrons. The van der Waals surface area contributed by atoms with Crippen LogP contribution < -0.4 is 0 Å². The minimum atomic E-state index is -0.356. The summed E-state index contributed by atoms with van der Waals surface area (Å²) in [7, 11) is 0. The van der Waals surface area contributed by atoms with Crippen LogP contribution in [0.3, 0.4) is 0 Å². The first-order valence-electron chi connectivity index (χ1n) is 9.68. The van der Waals surface area contributed by atoms with Crippen LogP contribution in [0.2, 0.25) is 0 Å². The van der Waals surface area contributed by atoms with Crippen molar-refractivity contribution in [2.45, 2.75) is 78.2 Å². The van der Waals surface area contributed by atoms with Crippen LogP contribution in [0.1, 0.15) is 71.8 Å². The fourth-order valence-corrected chi connectivity index (χ4v) is 3.25. The first kappa shape index (κ1) is 19.6. The maximum absolute atomic E-state index is 12.2. The first-order valence-corrected chi connectivity index (χ1v) is 9.68. The first-order chi connectivity index (χ1) is 11.9. The van der Waals surface area contributed by atoms with Crippen molar-refractivity contribution in [1.29, 1.82) is 0 Å². The summed E-state index contributed by atoms with van der Waals surface area (Å²) in [6.45, 7) is 8.57. The lowest BCUT2D eigenvalue weighted by molar-refractivity contribution is -0.157. The van der Waals surface area contributed by atoms with Crippen LogP contribution in [0.4, 0.5) is 0 Å². The van der Waals surface area contributed by atoms with Crippen LogP contribution in [0, 0.1) is 5.92 Å². The van der Waals surface area contributed by atoms with E-state index in [4.69, 9.17) is 4.74 Å². The number of hydrogen-bond donors (Lipinski definition) is 1. The molecule has 1 atom stereocenters. The van der Waals surface area contributed by atoms with E-state index in [1.807, 2.05) is 19.9 Å². The topological polar surface area (TPSA) is 42.1 Å². The van der Waals surface area contributed by atoms with Crippen molar-refractivity contribution < 1.29 is 9.53 Å². The van der Waals surface area contributed by atoms with Crippen molar-refractivity contribution >= 4 is 16.9 Å². The summed E-state index contributed by atoms with van der Waals surface area (Å²) in [5, 5.41) is 1.25. The van der Waals surface area contributed by atoms with Gasteiger partial charge in [0.25, 0.3) is 0 Å². The van der Waals surface area contributed by atoms with Gasteiger partial charge in [0.15, 0.2) is 0 Å². The van der Waals surface area contributed by atoms with Gasteiger partial charge in [0, 0.05) is 23.5 Å². The Balaban J connectivity index is 1.72. The Labute approximate surface area is 152 Å². The van der Waals surface area contributed by atoms with Crippen molar-refractivity contribution in [3.8, 4) is 0 Å². The lowest BCUT2D eigenvalue weighted by Crippen LogP contribution is -2.28. The Kier molecular flexibility index (Phi) is 7.10. The third kappa shape index (κ3) is 6.22. The number of rotatable bonds is 10. The smallest absolute Gasteiger partial charge is 0.306 e. The maximum atomic E-state index is 12.2. The van der Waals surface area contributed by atoms with Crippen LogP contribution in [-0.2, 0) is 16.0 Å². The standard InChI is InChI=1S/C22H33NO2/c1-5-17(2)10-9-15-22(3,4)25-21(24)14-8-11-18-16-23-20-13-7-6-12-19(18)20/h6-7,12-13,16-17,23H,5,8-11,14-15H2,1-4H3. The number of nitrogens with one attached hydrogen (secondary N) is 1. The molecule has 0 aliphatic rings. The second kappa shape index (κ2) is 9.07. The minimum Gasteiger partial charge on any atom is -0.460 e. The summed E-state index contributed by atoms with van der Waals surface area (Å²) < 4.78 is 5.71. The SMILES string of the molecule is CCC(C)CCCC(C)(C)OC(=O)CCCc1c[nH]c2ccccc12. The minimum absolute atomic E-state index is 0.0756.